The minimum Gasteiger partial charge on any atom is -0.370 e. The van der Waals surface area contributed by atoms with E-state index in [1.807, 2.05) is 32.0 Å². The number of thioether (sulfide) groups is 1. The minimum atomic E-state index is -0.0832. The molecule has 4 rings (SSSR count). The zero-order valence-electron chi connectivity index (χ0n) is 18.3. The Kier molecular flexibility index (Phi) is 6.73. The predicted molar refractivity (Wildman–Crippen MR) is 131 cm³/mol. The molecule has 2 aromatic carbocycles. The Balaban J connectivity index is 1.45. The lowest BCUT2D eigenvalue weighted by Gasteiger charge is -2.34. The molecule has 0 aliphatic carbocycles. The SMILES string of the molecule is CSc1cccc(CC2CCN(c3ccc(-n4c(C)nc(C)cc4=O)cc3Cl)CC2)c1. The van der Waals surface area contributed by atoms with Gasteiger partial charge in [0.05, 0.1) is 16.4 Å². The molecule has 0 bridgehead atoms. The Hall–Kier alpha value is -2.24. The van der Waals surface area contributed by atoms with Gasteiger partial charge in [0.25, 0.3) is 5.56 Å². The van der Waals surface area contributed by atoms with Gasteiger partial charge in [-0.2, -0.15) is 0 Å². The van der Waals surface area contributed by atoms with Crippen LogP contribution in [-0.4, -0.2) is 28.9 Å². The number of rotatable bonds is 5. The fourth-order valence-corrected chi connectivity index (χ4v) is 5.23. The number of hydrogen-bond acceptors (Lipinski definition) is 4. The number of aromatic nitrogens is 2. The summed E-state index contributed by atoms with van der Waals surface area (Å²) in [7, 11) is 0. The average Bonchev–Trinajstić information content (AvgIpc) is 2.74. The molecule has 4 nitrogen and oxygen atoms in total. The summed E-state index contributed by atoms with van der Waals surface area (Å²) >= 11 is 8.47. The summed E-state index contributed by atoms with van der Waals surface area (Å²) in [4.78, 5) is 20.6. The van der Waals surface area contributed by atoms with Crippen molar-refractivity contribution in [2.75, 3.05) is 24.2 Å². The first-order chi connectivity index (χ1) is 14.9. The van der Waals surface area contributed by atoms with Gasteiger partial charge >= 0.3 is 0 Å². The molecule has 1 aliphatic rings. The Morgan fingerprint density at radius 1 is 1.10 bits per heavy atom. The molecule has 0 unspecified atom stereocenters. The van der Waals surface area contributed by atoms with Gasteiger partial charge in [0.1, 0.15) is 5.82 Å². The second-order valence-electron chi connectivity index (χ2n) is 8.24. The van der Waals surface area contributed by atoms with Crippen LogP contribution in [0, 0.1) is 19.8 Å². The van der Waals surface area contributed by atoms with Crippen LogP contribution in [0.25, 0.3) is 5.69 Å². The maximum absolute atomic E-state index is 12.5. The number of hydrogen-bond donors (Lipinski definition) is 0. The lowest BCUT2D eigenvalue weighted by molar-refractivity contribution is 0.403. The number of nitrogens with zero attached hydrogens (tertiary/aromatic N) is 3. The van der Waals surface area contributed by atoms with Crippen LogP contribution in [0.5, 0.6) is 0 Å². The standard InChI is InChI=1S/C25H28ClN3OS/c1-17-13-25(30)29(18(2)27-17)21-7-8-24(23(26)16-21)28-11-9-19(10-12-28)14-20-5-4-6-22(15-20)31-3/h4-8,13,15-16,19H,9-12,14H2,1-3H3. The van der Waals surface area contributed by atoms with E-state index in [9.17, 15) is 4.79 Å². The highest BCUT2D eigenvalue weighted by Gasteiger charge is 2.21. The second kappa shape index (κ2) is 9.49. The van der Waals surface area contributed by atoms with Crippen molar-refractivity contribution >= 4 is 29.1 Å². The van der Waals surface area contributed by atoms with Crippen molar-refractivity contribution in [2.45, 2.75) is 38.0 Å². The van der Waals surface area contributed by atoms with E-state index in [2.05, 4.69) is 40.4 Å². The van der Waals surface area contributed by atoms with E-state index in [4.69, 9.17) is 11.6 Å². The normalized spacial score (nSPS) is 14.8. The maximum atomic E-state index is 12.5. The average molecular weight is 454 g/mol. The first-order valence-electron chi connectivity index (χ1n) is 10.7. The van der Waals surface area contributed by atoms with E-state index in [0.717, 1.165) is 49.4 Å². The van der Waals surface area contributed by atoms with Crippen molar-refractivity contribution < 1.29 is 0 Å². The largest absolute Gasteiger partial charge is 0.370 e. The molecule has 1 saturated heterocycles. The highest BCUT2D eigenvalue weighted by molar-refractivity contribution is 7.98. The van der Waals surface area contributed by atoms with Crippen LogP contribution >= 0.6 is 23.4 Å². The van der Waals surface area contributed by atoms with Crippen LogP contribution in [0.3, 0.4) is 0 Å². The molecule has 31 heavy (non-hydrogen) atoms. The summed E-state index contributed by atoms with van der Waals surface area (Å²) < 4.78 is 1.61. The van der Waals surface area contributed by atoms with Crippen LogP contribution in [0.2, 0.25) is 5.02 Å². The molecule has 162 valence electrons. The molecule has 0 spiro atoms. The van der Waals surface area contributed by atoms with Crippen LogP contribution in [-0.2, 0) is 6.42 Å². The van der Waals surface area contributed by atoms with Gasteiger partial charge in [0.2, 0.25) is 0 Å². The fraction of sp³-hybridized carbons (Fsp3) is 0.360. The van der Waals surface area contributed by atoms with Crippen LogP contribution in [0.4, 0.5) is 5.69 Å². The monoisotopic (exact) mass is 453 g/mol. The third kappa shape index (κ3) is 4.99. The van der Waals surface area contributed by atoms with Crippen molar-refractivity contribution in [1.29, 1.82) is 0 Å². The third-order valence-corrected chi connectivity index (χ3v) is 7.05. The highest BCUT2D eigenvalue weighted by atomic mass is 35.5. The second-order valence-corrected chi connectivity index (χ2v) is 9.53. The van der Waals surface area contributed by atoms with Crippen molar-refractivity contribution in [3.63, 3.8) is 0 Å². The summed E-state index contributed by atoms with van der Waals surface area (Å²) in [5, 5.41) is 0.676. The van der Waals surface area contributed by atoms with Gasteiger partial charge < -0.3 is 4.90 Å². The van der Waals surface area contributed by atoms with Crippen LogP contribution in [0.1, 0.15) is 29.9 Å². The van der Waals surface area contributed by atoms with E-state index in [0.29, 0.717) is 16.8 Å². The topological polar surface area (TPSA) is 38.1 Å². The lowest BCUT2D eigenvalue weighted by Crippen LogP contribution is -2.34. The summed E-state index contributed by atoms with van der Waals surface area (Å²) in [6, 6.07) is 16.3. The predicted octanol–water partition coefficient (Wildman–Crippen LogP) is 5.68. The van der Waals surface area contributed by atoms with E-state index in [1.54, 1.807) is 22.4 Å². The summed E-state index contributed by atoms with van der Waals surface area (Å²) in [5.74, 6) is 1.37. The van der Waals surface area contributed by atoms with Crippen molar-refractivity contribution in [3.05, 3.63) is 81.0 Å². The molecule has 2 heterocycles. The van der Waals surface area contributed by atoms with Gasteiger partial charge in [0.15, 0.2) is 0 Å². The van der Waals surface area contributed by atoms with Crippen molar-refractivity contribution in [2.24, 2.45) is 5.92 Å². The third-order valence-electron chi connectivity index (χ3n) is 6.02. The van der Waals surface area contributed by atoms with Gasteiger partial charge in [-0.1, -0.05) is 23.7 Å². The van der Waals surface area contributed by atoms with Gasteiger partial charge in [-0.05, 0) is 81.2 Å². The van der Waals surface area contributed by atoms with Gasteiger partial charge in [-0.15, -0.1) is 11.8 Å². The number of benzene rings is 2. The molecule has 0 saturated carbocycles. The first kappa shape index (κ1) is 22.0. The highest BCUT2D eigenvalue weighted by Crippen LogP contribution is 2.32. The quantitative estimate of drug-likeness (QED) is 0.465. The number of anilines is 1. The van der Waals surface area contributed by atoms with E-state index in [-0.39, 0.29) is 5.56 Å². The van der Waals surface area contributed by atoms with Gasteiger partial charge in [0, 0.05) is 29.7 Å². The van der Waals surface area contributed by atoms with E-state index in [1.165, 1.54) is 10.5 Å². The number of piperidine rings is 1. The molecule has 3 aromatic rings. The van der Waals surface area contributed by atoms with Crippen molar-refractivity contribution in [3.8, 4) is 5.69 Å². The molecule has 1 aliphatic heterocycles. The Morgan fingerprint density at radius 3 is 2.55 bits per heavy atom. The van der Waals surface area contributed by atoms with Crippen LogP contribution in [0.15, 0.2) is 58.2 Å². The molecule has 0 radical (unpaired) electrons. The zero-order chi connectivity index (χ0) is 22.0. The molecule has 1 aromatic heterocycles. The van der Waals surface area contributed by atoms with E-state index < -0.39 is 0 Å². The Bertz CT molecular complexity index is 1140. The first-order valence-corrected chi connectivity index (χ1v) is 12.3. The minimum absolute atomic E-state index is 0.0832. The molecule has 0 atom stereocenters. The summed E-state index contributed by atoms with van der Waals surface area (Å²) in [5.41, 5.74) is 3.87. The Labute approximate surface area is 193 Å². The number of halogens is 1. The molecule has 1 fully saturated rings. The summed E-state index contributed by atoms with van der Waals surface area (Å²) in [6.45, 7) is 5.67. The molecule has 0 N–H and O–H groups in total. The molecular formula is C25H28ClN3OS. The smallest absolute Gasteiger partial charge is 0.258 e. The summed E-state index contributed by atoms with van der Waals surface area (Å²) in [6.07, 6.45) is 5.57. The van der Waals surface area contributed by atoms with Crippen molar-refractivity contribution in [1.82, 2.24) is 9.55 Å². The maximum Gasteiger partial charge on any atom is 0.258 e. The molecule has 6 heteroatoms. The zero-order valence-corrected chi connectivity index (χ0v) is 19.8. The van der Waals surface area contributed by atoms with E-state index >= 15 is 0 Å². The molecule has 0 amide bonds. The molecular weight excluding hydrogens is 426 g/mol. The number of aryl methyl sites for hydroxylation is 2. The fourth-order valence-electron chi connectivity index (χ4n) is 4.46. The Morgan fingerprint density at radius 2 is 1.87 bits per heavy atom. The van der Waals surface area contributed by atoms with Gasteiger partial charge in [-0.25, -0.2) is 4.98 Å². The lowest BCUT2D eigenvalue weighted by atomic mass is 9.90. The van der Waals surface area contributed by atoms with Crippen LogP contribution < -0.4 is 10.5 Å². The van der Waals surface area contributed by atoms with Gasteiger partial charge in [-0.3, -0.25) is 9.36 Å².